The maximum atomic E-state index is 5.37. The van der Waals surface area contributed by atoms with Gasteiger partial charge in [0.15, 0.2) is 0 Å². The number of hydrogen-bond acceptors (Lipinski definition) is 2. The molecule has 1 aliphatic rings. The van der Waals surface area contributed by atoms with E-state index < -0.39 is 0 Å². The van der Waals surface area contributed by atoms with E-state index in [0.717, 1.165) is 13.1 Å². The third kappa shape index (κ3) is 6.81. The average molecular weight is 138 g/mol. The van der Waals surface area contributed by atoms with E-state index in [2.05, 4.69) is 6.92 Å². The van der Waals surface area contributed by atoms with Crippen LogP contribution in [0.3, 0.4) is 0 Å². The zero-order valence-electron chi connectivity index (χ0n) is 6.56. The zero-order chi connectivity index (χ0) is 6.41. The summed E-state index contributed by atoms with van der Waals surface area (Å²) >= 11 is 0. The molecule has 9 heavy (non-hydrogen) atoms. The summed E-state index contributed by atoms with van der Waals surface area (Å²) in [6, 6.07) is 0. The van der Waals surface area contributed by atoms with Crippen LogP contribution in [-0.4, -0.2) is 18.1 Å². The fraction of sp³-hybridized carbons (Fsp3) is 0.833. The summed E-state index contributed by atoms with van der Waals surface area (Å²) in [6.45, 7) is 7.19. The standard InChI is InChI=1S/C4H10N2.C2H5.Na/c5-6-3-1-2-4-6;1-2;/h1-5H2;1H2,2H3;/q;-1;+1. The van der Waals surface area contributed by atoms with E-state index in [1.54, 1.807) is 6.92 Å². The van der Waals surface area contributed by atoms with Crippen molar-refractivity contribution in [3.63, 3.8) is 0 Å². The maximum absolute atomic E-state index is 5.37. The molecule has 1 fully saturated rings. The SMILES string of the molecule is NN1CCCC1.[CH2-]C.[Na+]. The summed E-state index contributed by atoms with van der Waals surface area (Å²) in [4.78, 5) is 0. The summed E-state index contributed by atoms with van der Waals surface area (Å²) in [5, 5.41) is 1.86. The Morgan fingerprint density at radius 2 is 1.56 bits per heavy atom. The van der Waals surface area contributed by atoms with Crippen molar-refractivity contribution in [3.05, 3.63) is 6.92 Å². The van der Waals surface area contributed by atoms with Gasteiger partial charge in [0.25, 0.3) is 0 Å². The second-order valence-electron chi connectivity index (χ2n) is 1.74. The molecule has 3 heteroatoms. The van der Waals surface area contributed by atoms with E-state index in [0.29, 0.717) is 0 Å². The summed E-state index contributed by atoms with van der Waals surface area (Å²) in [6.07, 6.45) is 2.58. The topological polar surface area (TPSA) is 29.3 Å². The number of hydrazine groups is 1. The Morgan fingerprint density at radius 3 is 1.67 bits per heavy atom. The van der Waals surface area contributed by atoms with Crippen molar-refractivity contribution in [3.8, 4) is 0 Å². The van der Waals surface area contributed by atoms with Gasteiger partial charge >= 0.3 is 29.6 Å². The molecule has 0 aromatic rings. The van der Waals surface area contributed by atoms with Gasteiger partial charge < -0.3 is 6.92 Å². The van der Waals surface area contributed by atoms with Gasteiger partial charge in [-0.3, -0.25) is 5.84 Å². The van der Waals surface area contributed by atoms with Crippen LogP contribution in [0, 0.1) is 6.92 Å². The molecule has 0 unspecified atom stereocenters. The molecule has 0 bridgehead atoms. The molecule has 0 saturated carbocycles. The van der Waals surface area contributed by atoms with Gasteiger partial charge in [-0.15, -0.1) is 0 Å². The molecule has 1 aliphatic heterocycles. The van der Waals surface area contributed by atoms with Crippen LogP contribution < -0.4 is 35.4 Å². The van der Waals surface area contributed by atoms with Crippen molar-refractivity contribution in [1.82, 2.24) is 5.01 Å². The molecular formula is C6H15N2Na. The maximum Gasteiger partial charge on any atom is 1.00 e. The molecule has 0 spiro atoms. The minimum Gasteiger partial charge on any atom is -0.346 e. The van der Waals surface area contributed by atoms with E-state index in [1.165, 1.54) is 12.8 Å². The number of nitrogens with zero attached hydrogens (tertiary/aromatic N) is 1. The normalized spacial score (nSPS) is 17.7. The second-order valence-corrected chi connectivity index (χ2v) is 1.74. The largest absolute Gasteiger partial charge is 1.00 e. The van der Waals surface area contributed by atoms with Gasteiger partial charge in [0.05, 0.1) is 0 Å². The minimum atomic E-state index is 0. The van der Waals surface area contributed by atoms with Gasteiger partial charge in [-0.1, -0.05) is 0 Å². The van der Waals surface area contributed by atoms with E-state index in [4.69, 9.17) is 5.84 Å². The van der Waals surface area contributed by atoms with Gasteiger partial charge in [0.2, 0.25) is 0 Å². The quantitative estimate of drug-likeness (QED) is 0.234. The van der Waals surface area contributed by atoms with Crippen LogP contribution >= 0.6 is 0 Å². The van der Waals surface area contributed by atoms with Crippen LogP contribution in [0.2, 0.25) is 0 Å². The molecule has 0 amide bonds. The fourth-order valence-electron chi connectivity index (χ4n) is 0.742. The molecular weight excluding hydrogens is 123 g/mol. The molecule has 1 rings (SSSR count). The van der Waals surface area contributed by atoms with Gasteiger partial charge in [-0.25, -0.2) is 5.01 Å². The van der Waals surface area contributed by atoms with Crippen molar-refractivity contribution in [2.45, 2.75) is 19.8 Å². The monoisotopic (exact) mass is 138 g/mol. The molecule has 0 aliphatic carbocycles. The van der Waals surface area contributed by atoms with Gasteiger partial charge in [-0.2, -0.15) is 6.92 Å². The Hall–Kier alpha value is 0.920. The van der Waals surface area contributed by atoms with Crippen LogP contribution in [0.1, 0.15) is 19.8 Å². The van der Waals surface area contributed by atoms with Crippen LogP contribution in [0.15, 0.2) is 0 Å². The van der Waals surface area contributed by atoms with Gasteiger partial charge in [0.1, 0.15) is 0 Å². The first kappa shape index (κ1) is 12.6. The van der Waals surface area contributed by atoms with Gasteiger partial charge in [0, 0.05) is 13.1 Å². The Kier molecular flexibility index (Phi) is 12.5. The van der Waals surface area contributed by atoms with Crippen molar-refractivity contribution >= 4 is 0 Å². The first-order valence-electron chi connectivity index (χ1n) is 3.10. The third-order valence-electron chi connectivity index (χ3n) is 1.14. The molecule has 2 N–H and O–H groups in total. The molecule has 1 heterocycles. The summed E-state index contributed by atoms with van der Waals surface area (Å²) in [7, 11) is 0. The van der Waals surface area contributed by atoms with Crippen molar-refractivity contribution in [2.75, 3.05) is 13.1 Å². The van der Waals surface area contributed by atoms with Gasteiger partial charge in [-0.05, 0) is 12.8 Å². The fourth-order valence-corrected chi connectivity index (χ4v) is 0.742. The molecule has 0 atom stereocenters. The summed E-state index contributed by atoms with van der Waals surface area (Å²) < 4.78 is 0. The smallest absolute Gasteiger partial charge is 0.346 e. The van der Waals surface area contributed by atoms with Crippen molar-refractivity contribution < 1.29 is 29.6 Å². The molecule has 0 aromatic carbocycles. The minimum absolute atomic E-state index is 0. The Balaban J connectivity index is 0. The first-order valence-corrected chi connectivity index (χ1v) is 3.10. The first-order chi connectivity index (χ1) is 3.89. The number of nitrogens with two attached hydrogens (primary N) is 1. The van der Waals surface area contributed by atoms with Crippen LogP contribution in [0.4, 0.5) is 0 Å². The van der Waals surface area contributed by atoms with Crippen LogP contribution in [0.25, 0.3) is 0 Å². The average Bonchev–Trinajstić information content (AvgIpc) is 2.24. The van der Waals surface area contributed by atoms with E-state index in [1.807, 2.05) is 5.01 Å². The van der Waals surface area contributed by atoms with Crippen molar-refractivity contribution in [1.29, 1.82) is 0 Å². The predicted octanol–water partition coefficient (Wildman–Crippen LogP) is -2.20. The molecule has 2 nitrogen and oxygen atoms in total. The molecule has 0 radical (unpaired) electrons. The molecule has 0 aromatic heterocycles. The molecule has 50 valence electrons. The Morgan fingerprint density at radius 1 is 1.22 bits per heavy atom. The van der Waals surface area contributed by atoms with E-state index >= 15 is 0 Å². The van der Waals surface area contributed by atoms with Crippen molar-refractivity contribution in [2.24, 2.45) is 5.84 Å². The summed E-state index contributed by atoms with van der Waals surface area (Å²) in [5.74, 6) is 5.37. The van der Waals surface area contributed by atoms with E-state index in [-0.39, 0.29) is 29.6 Å². The number of rotatable bonds is 0. The predicted molar refractivity (Wildman–Crippen MR) is 36.0 cm³/mol. The van der Waals surface area contributed by atoms with Crippen LogP contribution in [0.5, 0.6) is 0 Å². The Labute approximate surface area is 80.0 Å². The molecule has 1 saturated heterocycles. The summed E-state index contributed by atoms with van der Waals surface area (Å²) in [5.41, 5.74) is 0. The third-order valence-corrected chi connectivity index (χ3v) is 1.14. The van der Waals surface area contributed by atoms with E-state index in [9.17, 15) is 0 Å². The Bertz CT molecular complexity index is 44.3. The van der Waals surface area contributed by atoms with Crippen LogP contribution in [-0.2, 0) is 0 Å². The second kappa shape index (κ2) is 8.92. The zero-order valence-corrected chi connectivity index (χ0v) is 8.56. The number of hydrogen-bond donors (Lipinski definition) is 1.